The summed E-state index contributed by atoms with van der Waals surface area (Å²) in [6.07, 6.45) is 6.93. The van der Waals surface area contributed by atoms with E-state index in [0.29, 0.717) is 12.5 Å². The van der Waals surface area contributed by atoms with Crippen molar-refractivity contribution in [2.45, 2.75) is 25.8 Å². The molecule has 2 heterocycles. The smallest absolute Gasteiger partial charge is 0.0644 e. The first-order valence-electron chi connectivity index (χ1n) is 8.26. The Kier molecular flexibility index (Phi) is 5.46. The van der Waals surface area contributed by atoms with E-state index in [1.807, 2.05) is 0 Å². The predicted octanol–water partition coefficient (Wildman–Crippen LogP) is 2.40. The van der Waals surface area contributed by atoms with Crippen molar-refractivity contribution in [2.75, 3.05) is 19.7 Å². The van der Waals surface area contributed by atoms with Crippen LogP contribution in [0, 0.1) is 17.8 Å². The molecule has 3 rings (SSSR count). The zero-order valence-electron chi connectivity index (χ0n) is 13.3. The third-order valence-electron chi connectivity index (χ3n) is 4.35. The molecule has 2 aromatic rings. The molecule has 0 radical (unpaired) electrons. The van der Waals surface area contributed by atoms with Crippen LogP contribution in [-0.2, 0) is 6.54 Å². The maximum absolute atomic E-state index is 9.11. The van der Waals surface area contributed by atoms with E-state index in [1.54, 1.807) is 12.4 Å². The molecule has 1 saturated heterocycles. The van der Waals surface area contributed by atoms with Crippen molar-refractivity contribution in [2.24, 2.45) is 5.92 Å². The number of hydrogen-bond donors (Lipinski definition) is 2. The van der Waals surface area contributed by atoms with Gasteiger partial charge in [0.15, 0.2) is 0 Å². The lowest BCUT2D eigenvalue weighted by molar-refractivity contribution is 0.142. The van der Waals surface area contributed by atoms with Gasteiger partial charge in [0, 0.05) is 31.5 Å². The summed E-state index contributed by atoms with van der Waals surface area (Å²) in [6.45, 7) is 3.55. The molecule has 0 amide bonds. The minimum absolute atomic E-state index is 0.308. The molecule has 1 atom stereocenters. The number of nitrogens with one attached hydrogen (secondary N) is 1. The maximum Gasteiger partial charge on any atom is 0.0644 e. The fourth-order valence-electron chi connectivity index (χ4n) is 3.13. The van der Waals surface area contributed by atoms with Crippen LogP contribution in [0.2, 0.25) is 0 Å². The van der Waals surface area contributed by atoms with Crippen molar-refractivity contribution in [1.82, 2.24) is 15.1 Å². The predicted molar refractivity (Wildman–Crippen MR) is 90.7 cm³/mol. The molecule has 0 spiro atoms. The Labute approximate surface area is 137 Å². The van der Waals surface area contributed by atoms with Gasteiger partial charge in [-0.15, -0.1) is 0 Å². The number of rotatable bonds is 4. The molecule has 0 bridgehead atoms. The van der Waals surface area contributed by atoms with E-state index in [1.165, 1.54) is 18.4 Å². The Balaban J connectivity index is 1.57. The van der Waals surface area contributed by atoms with E-state index in [-0.39, 0.29) is 0 Å². The average Bonchev–Trinajstić information content (AvgIpc) is 3.08. The Morgan fingerprint density at radius 1 is 1.22 bits per heavy atom. The van der Waals surface area contributed by atoms with Crippen LogP contribution in [0.25, 0.3) is 0 Å². The van der Waals surface area contributed by atoms with Crippen LogP contribution in [0.3, 0.4) is 0 Å². The van der Waals surface area contributed by atoms with Crippen molar-refractivity contribution < 1.29 is 5.11 Å². The molecule has 1 fully saturated rings. The van der Waals surface area contributed by atoms with Gasteiger partial charge in [0.1, 0.15) is 0 Å². The van der Waals surface area contributed by atoms with Crippen LogP contribution in [0.5, 0.6) is 0 Å². The molecule has 23 heavy (non-hydrogen) atoms. The van der Waals surface area contributed by atoms with E-state index >= 15 is 0 Å². The number of aromatic nitrogens is 2. The molecule has 1 aromatic heterocycles. The first kappa shape index (κ1) is 15.8. The molecule has 1 aliphatic rings. The minimum Gasteiger partial charge on any atom is -0.396 e. The maximum atomic E-state index is 9.11. The summed E-state index contributed by atoms with van der Waals surface area (Å²) in [5.41, 5.74) is 3.24. The van der Waals surface area contributed by atoms with E-state index in [2.05, 4.69) is 51.2 Å². The summed E-state index contributed by atoms with van der Waals surface area (Å²) in [4.78, 5) is 2.50. The van der Waals surface area contributed by atoms with E-state index in [4.69, 9.17) is 5.11 Å². The second kappa shape index (κ2) is 7.96. The van der Waals surface area contributed by atoms with E-state index < -0.39 is 0 Å². The number of nitrogens with zero attached hydrogens (tertiary/aromatic N) is 2. The topological polar surface area (TPSA) is 52.1 Å². The van der Waals surface area contributed by atoms with Gasteiger partial charge < -0.3 is 5.11 Å². The summed E-state index contributed by atoms with van der Waals surface area (Å²) < 4.78 is 0. The summed E-state index contributed by atoms with van der Waals surface area (Å²) in [5.74, 6) is 6.88. The zero-order chi connectivity index (χ0) is 15.9. The molecule has 0 aliphatic carbocycles. The van der Waals surface area contributed by atoms with Gasteiger partial charge in [-0.25, -0.2) is 0 Å². The number of hydrogen-bond acceptors (Lipinski definition) is 3. The summed E-state index contributed by atoms with van der Waals surface area (Å²) >= 11 is 0. The molecule has 0 saturated carbocycles. The van der Waals surface area contributed by atoms with Crippen molar-refractivity contribution in [1.29, 1.82) is 0 Å². The molecule has 4 nitrogen and oxygen atoms in total. The van der Waals surface area contributed by atoms with Crippen LogP contribution in [0.4, 0.5) is 0 Å². The molecule has 1 unspecified atom stereocenters. The Hall–Kier alpha value is -2.09. The van der Waals surface area contributed by atoms with Gasteiger partial charge in [0.05, 0.1) is 11.8 Å². The molecule has 1 aliphatic heterocycles. The largest absolute Gasteiger partial charge is 0.396 e. The van der Waals surface area contributed by atoms with Crippen molar-refractivity contribution in [3.05, 3.63) is 53.3 Å². The Morgan fingerprint density at radius 3 is 2.78 bits per heavy atom. The summed E-state index contributed by atoms with van der Waals surface area (Å²) in [5, 5.41) is 15.8. The van der Waals surface area contributed by atoms with Crippen LogP contribution < -0.4 is 0 Å². The standard InChI is InChI=1S/C19H23N3O/c23-11-9-17-2-1-10-22(14-17)15-18-6-3-16(4-7-18)5-8-19-12-20-21-13-19/h3-4,6-7,12-13,17,23H,1-2,9-11,14-15H2,(H,20,21). The van der Waals surface area contributed by atoms with Crippen LogP contribution >= 0.6 is 0 Å². The van der Waals surface area contributed by atoms with Crippen LogP contribution in [-0.4, -0.2) is 39.9 Å². The lowest BCUT2D eigenvalue weighted by atomic mass is 9.95. The van der Waals surface area contributed by atoms with Crippen molar-refractivity contribution in [3.63, 3.8) is 0 Å². The van der Waals surface area contributed by atoms with Gasteiger partial charge in [0.2, 0.25) is 0 Å². The number of aromatic amines is 1. The second-order valence-corrected chi connectivity index (χ2v) is 6.19. The number of aliphatic hydroxyl groups excluding tert-OH is 1. The summed E-state index contributed by atoms with van der Waals surface area (Å²) in [7, 11) is 0. The molecule has 120 valence electrons. The quantitative estimate of drug-likeness (QED) is 0.853. The van der Waals surface area contributed by atoms with Gasteiger partial charge in [-0.2, -0.15) is 5.10 Å². The number of likely N-dealkylation sites (tertiary alicyclic amines) is 1. The summed E-state index contributed by atoms with van der Waals surface area (Å²) in [6, 6.07) is 8.49. The first-order valence-corrected chi connectivity index (χ1v) is 8.26. The zero-order valence-corrected chi connectivity index (χ0v) is 13.3. The first-order chi connectivity index (χ1) is 11.3. The fraction of sp³-hybridized carbons (Fsp3) is 0.421. The minimum atomic E-state index is 0.308. The van der Waals surface area contributed by atoms with Gasteiger partial charge in [-0.1, -0.05) is 24.0 Å². The average molecular weight is 309 g/mol. The second-order valence-electron chi connectivity index (χ2n) is 6.19. The Morgan fingerprint density at radius 2 is 2.04 bits per heavy atom. The van der Waals surface area contributed by atoms with Gasteiger partial charge in [0.25, 0.3) is 0 Å². The highest BCUT2D eigenvalue weighted by Gasteiger charge is 2.19. The Bertz CT molecular complexity index is 650. The third kappa shape index (κ3) is 4.69. The van der Waals surface area contributed by atoms with Gasteiger partial charge in [-0.05, 0) is 49.4 Å². The SMILES string of the molecule is OCCC1CCCN(Cc2ccc(C#Cc3cn[nH]c3)cc2)C1. The van der Waals surface area contributed by atoms with Crippen LogP contribution in [0.1, 0.15) is 36.0 Å². The van der Waals surface area contributed by atoms with Gasteiger partial charge >= 0.3 is 0 Å². The number of aliphatic hydroxyl groups is 1. The van der Waals surface area contributed by atoms with E-state index in [9.17, 15) is 0 Å². The lowest BCUT2D eigenvalue weighted by Crippen LogP contribution is -2.35. The number of H-pyrrole nitrogens is 1. The number of piperidine rings is 1. The van der Waals surface area contributed by atoms with Gasteiger partial charge in [-0.3, -0.25) is 10.00 Å². The molecule has 4 heteroatoms. The monoisotopic (exact) mass is 309 g/mol. The number of benzene rings is 1. The highest BCUT2D eigenvalue weighted by molar-refractivity contribution is 5.41. The highest BCUT2D eigenvalue weighted by Crippen LogP contribution is 2.21. The molecular weight excluding hydrogens is 286 g/mol. The van der Waals surface area contributed by atoms with E-state index in [0.717, 1.165) is 37.2 Å². The van der Waals surface area contributed by atoms with Crippen molar-refractivity contribution >= 4 is 0 Å². The van der Waals surface area contributed by atoms with Crippen molar-refractivity contribution in [3.8, 4) is 11.8 Å². The molecule has 1 aromatic carbocycles. The lowest BCUT2D eigenvalue weighted by Gasteiger charge is -2.32. The molecular formula is C19H23N3O. The molecule has 2 N–H and O–H groups in total. The third-order valence-corrected chi connectivity index (χ3v) is 4.35. The van der Waals surface area contributed by atoms with Crippen LogP contribution in [0.15, 0.2) is 36.7 Å². The fourth-order valence-corrected chi connectivity index (χ4v) is 3.13. The normalized spacial score (nSPS) is 18.4. The highest BCUT2D eigenvalue weighted by atomic mass is 16.3.